The highest BCUT2D eigenvalue weighted by atomic mass is 35.5. The van der Waals surface area contributed by atoms with Crippen molar-refractivity contribution in [2.24, 2.45) is 5.92 Å². The van der Waals surface area contributed by atoms with Crippen molar-refractivity contribution < 1.29 is 22.8 Å². The van der Waals surface area contributed by atoms with Crippen LogP contribution in [-0.4, -0.2) is 104 Å². The normalized spacial score (nSPS) is 20.8. The minimum atomic E-state index is -3.21. The number of halogens is 2. The molecular weight excluding hydrogens is 479 g/mol. The molecule has 2 heterocycles. The summed E-state index contributed by atoms with van der Waals surface area (Å²) in [5, 5.41) is 0.787. The van der Waals surface area contributed by atoms with Gasteiger partial charge in [-0.15, -0.1) is 0 Å². The van der Waals surface area contributed by atoms with E-state index in [1.54, 1.807) is 25.2 Å². The molecule has 2 aliphatic rings. The topological polar surface area (TPSA) is 98.3 Å². The van der Waals surface area contributed by atoms with Crippen LogP contribution in [0.15, 0.2) is 18.2 Å². The van der Waals surface area contributed by atoms with Crippen molar-refractivity contribution in [1.29, 1.82) is 0 Å². The summed E-state index contributed by atoms with van der Waals surface area (Å²) in [7, 11) is -1.63. The first-order valence-corrected chi connectivity index (χ1v) is 12.8. The predicted octanol–water partition coefficient (Wildman–Crippen LogP) is 0.557. The lowest BCUT2D eigenvalue weighted by Gasteiger charge is -2.34. The van der Waals surface area contributed by atoms with Gasteiger partial charge in [-0.3, -0.25) is 19.3 Å². The number of nitrogens with zero attached hydrogens (tertiary/aromatic N) is 4. The number of hydrogen-bond donors (Lipinski definition) is 0. The van der Waals surface area contributed by atoms with E-state index in [2.05, 4.69) is 0 Å². The number of likely N-dealkylation sites (tertiary alicyclic amines) is 1. The number of Topliss-reactive ketones (excluding diaryl/α,β-unsaturated/α-hetero) is 1. The van der Waals surface area contributed by atoms with Crippen molar-refractivity contribution in [2.45, 2.75) is 6.54 Å². The lowest BCUT2D eigenvalue weighted by atomic mass is 10.1. The second-order valence-corrected chi connectivity index (χ2v) is 10.9. The lowest BCUT2D eigenvalue weighted by molar-refractivity contribution is -0.144. The molecule has 0 aromatic heterocycles. The average molecular weight is 505 g/mol. The zero-order valence-electron chi connectivity index (χ0n) is 18.0. The predicted molar refractivity (Wildman–Crippen MR) is 121 cm³/mol. The Morgan fingerprint density at radius 1 is 1.09 bits per heavy atom. The Morgan fingerprint density at radius 3 is 2.34 bits per heavy atom. The minimum Gasteiger partial charge on any atom is -0.341 e. The fourth-order valence-corrected chi connectivity index (χ4v) is 5.02. The smallest absolute Gasteiger partial charge is 0.290 e. The van der Waals surface area contributed by atoms with Crippen LogP contribution in [0.4, 0.5) is 0 Å². The molecule has 2 amide bonds. The van der Waals surface area contributed by atoms with E-state index in [1.165, 1.54) is 20.4 Å². The van der Waals surface area contributed by atoms with Crippen LogP contribution in [0.25, 0.3) is 0 Å². The molecule has 0 bridgehead atoms. The number of rotatable bonds is 7. The summed E-state index contributed by atoms with van der Waals surface area (Å²) in [5.74, 6) is -2.80. The van der Waals surface area contributed by atoms with E-state index in [0.29, 0.717) is 49.3 Å². The van der Waals surface area contributed by atoms with Crippen LogP contribution in [0.1, 0.15) is 5.56 Å². The van der Waals surface area contributed by atoms with Gasteiger partial charge in [0, 0.05) is 59.4 Å². The number of sulfonamides is 1. The van der Waals surface area contributed by atoms with E-state index >= 15 is 0 Å². The first-order valence-electron chi connectivity index (χ1n) is 10.2. The van der Waals surface area contributed by atoms with Crippen LogP contribution in [0.3, 0.4) is 0 Å². The number of benzene rings is 1. The molecule has 0 saturated carbocycles. The first kappa shape index (κ1) is 24.9. The number of amides is 2. The summed E-state index contributed by atoms with van der Waals surface area (Å²) in [5.41, 5.74) is 0.761. The van der Waals surface area contributed by atoms with Crippen molar-refractivity contribution in [3.05, 3.63) is 33.8 Å². The van der Waals surface area contributed by atoms with Gasteiger partial charge in [0.05, 0.1) is 16.3 Å². The zero-order chi connectivity index (χ0) is 23.6. The van der Waals surface area contributed by atoms with Crippen LogP contribution >= 0.6 is 23.2 Å². The van der Waals surface area contributed by atoms with Crippen molar-refractivity contribution in [3.63, 3.8) is 0 Å². The number of carbonyl (C=O) groups excluding carboxylic acids is 3. The van der Waals surface area contributed by atoms with Crippen LogP contribution in [0.2, 0.25) is 10.0 Å². The third-order valence-electron chi connectivity index (χ3n) is 5.78. The molecule has 1 aromatic rings. The summed E-state index contributed by atoms with van der Waals surface area (Å²) in [6.07, 6.45) is 1.19. The highest BCUT2D eigenvalue weighted by molar-refractivity contribution is 7.88. The molecular formula is C20H26Cl2N4O5S. The van der Waals surface area contributed by atoms with E-state index in [4.69, 9.17) is 23.2 Å². The van der Waals surface area contributed by atoms with Crippen molar-refractivity contribution in [1.82, 2.24) is 19.0 Å². The molecule has 1 aromatic carbocycles. The maximum Gasteiger partial charge on any atom is 0.290 e. The van der Waals surface area contributed by atoms with Crippen LogP contribution < -0.4 is 0 Å². The minimum absolute atomic E-state index is 0.0471. The Labute approximate surface area is 197 Å². The molecule has 0 spiro atoms. The maximum atomic E-state index is 12.8. The molecule has 2 fully saturated rings. The van der Waals surface area contributed by atoms with Crippen molar-refractivity contribution in [2.75, 3.05) is 59.1 Å². The number of ketones is 1. The SMILES string of the molecule is CN(Cc1ccc(Cl)c(Cl)c1)C(=O)C1CN(CCN2CCN(S(C)(=O)=O)CC2)C(=O)C1=O. The molecule has 0 N–H and O–H groups in total. The highest BCUT2D eigenvalue weighted by Crippen LogP contribution is 2.24. The van der Waals surface area contributed by atoms with Gasteiger partial charge in [-0.2, -0.15) is 4.31 Å². The van der Waals surface area contributed by atoms with Gasteiger partial charge in [0.25, 0.3) is 5.91 Å². The van der Waals surface area contributed by atoms with Crippen LogP contribution in [0.5, 0.6) is 0 Å². The third-order valence-corrected chi connectivity index (χ3v) is 7.82. The Hall–Kier alpha value is -1.72. The Bertz CT molecular complexity index is 1010. The van der Waals surface area contributed by atoms with Gasteiger partial charge in [-0.1, -0.05) is 29.3 Å². The molecule has 32 heavy (non-hydrogen) atoms. The Morgan fingerprint density at radius 2 is 1.75 bits per heavy atom. The first-order chi connectivity index (χ1) is 15.0. The summed E-state index contributed by atoms with van der Waals surface area (Å²) < 4.78 is 24.6. The molecule has 9 nitrogen and oxygen atoms in total. The molecule has 1 unspecified atom stereocenters. The van der Waals surface area contributed by atoms with E-state index in [9.17, 15) is 22.8 Å². The van der Waals surface area contributed by atoms with E-state index in [1.807, 2.05) is 4.90 Å². The van der Waals surface area contributed by atoms with Gasteiger partial charge in [0.15, 0.2) is 0 Å². The molecule has 3 rings (SSSR count). The monoisotopic (exact) mass is 504 g/mol. The quantitative estimate of drug-likeness (QED) is 0.397. The average Bonchev–Trinajstić information content (AvgIpc) is 3.02. The van der Waals surface area contributed by atoms with Gasteiger partial charge in [0.1, 0.15) is 5.92 Å². The largest absolute Gasteiger partial charge is 0.341 e. The molecule has 2 aliphatic heterocycles. The van der Waals surface area contributed by atoms with Gasteiger partial charge in [-0.05, 0) is 17.7 Å². The van der Waals surface area contributed by atoms with Crippen LogP contribution in [-0.2, 0) is 31.0 Å². The van der Waals surface area contributed by atoms with Crippen molar-refractivity contribution in [3.8, 4) is 0 Å². The van der Waals surface area contributed by atoms with Gasteiger partial charge < -0.3 is 9.80 Å². The zero-order valence-corrected chi connectivity index (χ0v) is 20.3. The second kappa shape index (κ2) is 10.0. The van der Waals surface area contributed by atoms with Gasteiger partial charge in [-0.25, -0.2) is 8.42 Å². The second-order valence-electron chi connectivity index (χ2n) is 8.11. The van der Waals surface area contributed by atoms with Gasteiger partial charge in [0.2, 0.25) is 21.7 Å². The number of piperazine rings is 1. The summed E-state index contributed by atoms with van der Waals surface area (Å²) >= 11 is 11.9. The molecule has 176 valence electrons. The number of hydrogen-bond acceptors (Lipinski definition) is 6. The fourth-order valence-electron chi connectivity index (χ4n) is 3.88. The Kier molecular flexibility index (Phi) is 7.82. The fraction of sp³-hybridized carbons (Fsp3) is 0.550. The van der Waals surface area contributed by atoms with Crippen molar-refractivity contribution >= 4 is 50.8 Å². The van der Waals surface area contributed by atoms with E-state index in [-0.39, 0.29) is 13.1 Å². The summed E-state index contributed by atoms with van der Waals surface area (Å²) in [6.45, 7) is 3.00. The molecule has 0 aliphatic carbocycles. The molecule has 0 radical (unpaired) electrons. The standard InChI is InChI=1S/C20H26Cl2N4O5S/c1-23(12-14-3-4-16(21)17(22)11-14)19(28)15-13-25(20(29)18(15)27)8-5-24-6-9-26(10-7-24)32(2,30)31/h3-4,11,15H,5-10,12-13H2,1-2H3. The molecule has 12 heteroatoms. The summed E-state index contributed by atoms with van der Waals surface area (Å²) in [6, 6.07) is 5.04. The maximum absolute atomic E-state index is 12.8. The van der Waals surface area contributed by atoms with Crippen LogP contribution in [0, 0.1) is 5.92 Å². The highest BCUT2D eigenvalue weighted by Gasteiger charge is 2.44. The molecule has 1 atom stereocenters. The lowest BCUT2D eigenvalue weighted by Crippen LogP contribution is -2.50. The summed E-state index contributed by atoms with van der Waals surface area (Å²) in [4.78, 5) is 42.5. The van der Waals surface area contributed by atoms with E-state index < -0.39 is 33.5 Å². The van der Waals surface area contributed by atoms with E-state index in [0.717, 1.165) is 5.56 Å². The third kappa shape index (κ3) is 5.79. The van der Waals surface area contributed by atoms with Gasteiger partial charge >= 0.3 is 0 Å². The number of carbonyl (C=O) groups is 3. The Balaban J connectivity index is 1.53. The molecule has 2 saturated heterocycles.